The average Bonchev–Trinajstić information content (AvgIpc) is 3.15. The van der Waals surface area contributed by atoms with Crippen LogP contribution in [-0.4, -0.2) is 24.9 Å². The number of anilines is 1. The fraction of sp³-hybridized carbons (Fsp3) is 0.150. The third kappa shape index (κ3) is 3.83. The van der Waals surface area contributed by atoms with Gasteiger partial charge in [0.2, 0.25) is 5.95 Å². The smallest absolute Gasteiger partial charge is 0.223 e. The molecule has 0 amide bonds. The molecule has 0 spiro atoms. The van der Waals surface area contributed by atoms with Crippen LogP contribution < -0.4 is 5.32 Å². The fourth-order valence-corrected chi connectivity index (χ4v) is 3.60. The molecule has 134 valence electrons. The summed E-state index contributed by atoms with van der Waals surface area (Å²) in [5, 5.41) is 3.34. The Balaban J connectivity index is 1.73. The van der Waals surface area contributed by atoms with Crippen molar-refractivity contribution in [2.45, 2.75) is 19.9 Å². The molecule has 4 heterocycles. The molecular formula is C20H18N6S. The van der Waals surface area contributed by atoms with E-state index in [1.165, 1.54) is 4.88 Å². The number of nitrogens with zero attached hydrogens (tertiary/aromatic N) is 5. The predicted octanol–water partition coefficient (Wildman–Crippen LogP) is 4.54. The van der Waals surface area contributed by atoms with Crippen molar-refractivity contribution < 1.29 is 0 Å². The second-order valence-corrected chi connectivity index (χ2v) is 7.37. The van der Waals surface area contributed by atoms with Crippen LogP contribution in [0, 0.1) is 6.92 Å². The molecule has 27 heavy (non-hydrogen) atoms. The van der Waals surface area contributed by atoms with Gasteiger partial charge in [-0.15, -0.1) is 11.3 Å². The standard InChI is InChI=1S/C20H18N6S/c1-13-6-7-18(27-13)19-15(17-12-21-9-10-23-17)11-24-20(26-19)25-14(2)16-5-3-4-8-22-16/h3-12,14H,1-2H3,(H,24,25,26)/t14-/m1/s1. The number of hydrogen-bond donors (Lipinski definition) is 1. The Labute approximate surface area is 161 Å². The van der Waals surface area contributed by atoms with Gasteiger partial charge in [0, 0.05) is 35.2 Å². The molecule has 4 aromatic heterocycles. The first-order valence-corrected chi connectivity index (χ1v) is 9.40. The molecule has 4 aromatic rings. The second kappa shape index (κ2) is 7.59. The number of nitrogens with one attached hydrogen (secondary N) is 1. The van der Waals surface area contributed by atoms with Crippen molar-refractivity contribution in [2.24, 2.45) is 0 Å². The summed E-state index contributed by atoms with van der Waals surface area (Å²) in [7, 11) is 0. The van der Waals surface area contributed by atoms with E-state index in [0.717, 1.165) is 27.5 Å². The highest BCUT2D eigenvalue weighted by Gasteiger charge is 2.16. The van der Waals surface area contributed by atoms with Crippen LogP contribution in [-0.2, 0) is 0 Å². The van der Waals surface area contributed by atoms with Gasteiger partial charge in [-0.1, -0.05) is 6.07 Å². The van der Waals surface area contributed by atoms with Gasteiger partial charge in [-0.3, -0.25) is 15.0 Å². The van der Waals surface area contributed by atoms with Crippen molar-refractivity contribution in [1.29, 1.82) is 0 Å². The number of pyridine rings is 1. The molecule has 7 heteroatoms. The molecule has 0 aliphatic carbocycles. The largest absolute Gasteiger partial charge is 0.346 e. The number of rotatable bonds is 5. The van der Waals surface area contributed by atoms with E-state index in [1.54, 1.807) is 42.3 Å². The number of hydrogen-bond acceptors (Lipinski definition) is 7. The third-order valence-electron chi connectivity index (χ3n) is 4.08. The summed E-state index contributed by atoms with van der Waals surface area (Å²) in [5.41, 5.74) is 3.40. The summed E-state index contributed by atoms with van der Waals surface area (Å²) >= 11 is 1.70. The average molecular weight is 374 g/mol. The van der Waals surface area contributed by atoms with Gasteiger partial charge in [-0.25, -0.2) is 9.97 Å². The lowest BCUT2D eigenvalue weighted by Crippen LogP contribution is -2.11. The van der Waals surface area contributed by atoms with E-state index in [2.05, 4.69) is 44.3 Å². The molecule has 0 saturated carbocycles. The number of thiophene rings is 1. The first-order chi connectivity index (χ1) is 13.2. The van der Waals surface area contributed by atoms with E-state index in [9.17, 15) is 0 Å². The van der Waals surface area contributed by atoms with Crippen LogP contribution in [0.1, 0.15) is 23.5 Å². The molecule has 0 unspecified atom stereocenters. The van der Waals surface area contributed by atoms with Gasteiger partial charge in [0.1, 0.15) is 0 Å². The zero-order valence-electron chi connectivity index (χ0n) is 15.0. The summed E-state index contributed by atoms with van der Waals surface area (Å²) < 4.78 is 0. The van der Waals surface area contributed by atoms with Crippen LogP contribution in [0.3, 0.4) is 0 Å². The van der Waals surface area contributed by atoms with Crippen molar-refractivity contribution in [3.63, 3.8) is 0 Å². The van der Waals surface area contributed by atoms with Gasteiger partial charge in [0.15, 0.2) is 0 Å². The Kier molecular flexibility index (Phi) is 4.84. The highest BCUT2D eigenvalue weighted by molar-refractivity contribution is 7.15. The van der Waals surface area contributed by atoms with Gasteiger partial charge in [0.25, 0.3) is 0 Å². The van der Waals surface area contributed by atoms with Crippen molar-refractivity contribution in [3.8, 4) is 21.8 Å². The minimum Gasteiger partial charge on any atom is -0.346 e. The Morgan fingerprint density at radius 1 is 0.963 bits per heavy atom. The zero-order chi connectivity index (χ0) is 18.6. The lowest BCUT2D eigenvalue weighted by molar-refractivity contribution is 0.822. The molecule has 0 radical (unpaired) electrons. The predicted molar refractivity (Wildman–Crippen MR) is 107 cm³/mol. The third-order valence-corrected chi connectivity index (χ3v) is 5.09. The molecule has 6 nitrogen and oxygen atoms in total. The Morgan fingerprint density at radius 2 is 1.89 bits per heavy atom. The molecular weight excluding hydrogens is 356 g/mol. The second-order valence-electron chi connectivity index (χ2n) is 6.08. The Hall–Kier alpha value is -3.19. The van der Waals surface area contributed by atoms with Gasteiger partial charge in [-0.2, -0.15) is 0 Å². The normalized spacial score (nSPS) is 11.9. The quantitative estimate of drug-likeness (QED) is 0.553. The molecule has 0 aliphatic rings. The first kappa shape index (κ1) is 17.2. The maximum atomic E-state index is 4.79. The molecule has 0 saturated heterocycles. The number of aryl methyl sites for hydroxylation is 1. The SMILES string of the molecule is Cc1ccc(-c2nc(N[C@H](C)c3ccccn3)ncc2-c2cnccn2)s1. The van der Waals surface area contributed by atoms with Crippen LogP contribution >= 0.6 is 11.3 Å². The van der Waals surface area contributed by atoms with Gasteiger partial charge < -0.3 is 5.32 Å². The van der Waals surface area contributed by atoms with Crippen LogP contribution in [0.2, 0.25) is 0 Å². The van der Waals surface area contributed by atoms with Gasteiger partial charge in [-0.05, 0) is 38.1 Å². The molecule has 0 fully saturated rings. The van der Waals surface area contributed by atoms with Crippen molar-refractivity contribution >= 4 is 17.3 Å². The van der Waals surface area contributed by atoms with Crippen LogP contribution in [0.4, 0.5) is 5.95 Å². The summed E-state index contributed by atoms with van der Waals surface area (Å²) in [5.74, 6) is 0.557. The van der Waals surface area contributed by atoms with Gasteiger partial charge in [0.05, 0.1) is 34.2 Å². The fourth-order valence-electron chi connectivity index (χ4n) is 2.73. The van der Waals surface area contributed by atoms with Gasteiger partial charge >= 0.3 is 0 Å². The summed E-state index contributed by atoms with van der Waals surface area (Å²) in [6.07, 6.45) is 8.64. The zero-order valence-corrected chi connectivity index (χ0v) is 15.8. The maximum absolute atomic E-state index is 4.79. The van der Waals surface area contributed by atoms with E-state index in [0.29, 0.717) is 5.95 Å². The van der Waals surface area contributed by atoms with Crippen molar-refractivity contribution in [2.75, 3.05) is 5.32 Å². The Morgan fingerprint density at radius 3 is 2.59 bits per heavy atom. The van der Waals surface area contributed by atoms with Crippen molar-refractivity contribution in [1.82, 2.24) is 24.9 Å². The molecule has 0 bridgehead atoms. The van der Waals surface area contributed by atoms with Crippen LogP contribution in [0.15, 0.2) is 61.3 Å². The van der Waals surface area contributed by atoms with Crippen molar-refractivity contribution in [3.05, 3.63) is 71.9 Å². The van der Waals surface area contributed by atoms with Crippen LogP contribution in [0.25, 0.3) is 21.8 Å². The molecule has 0 aliphatic heterocycles. The molecule has 1 atom stereocenters. The molecule has 1 N–H and O–H groups in total. The van der Waals surface area contributed by atoms with E-state index < -0.39 is 0 Å². The highest BCUT2D eigenvalue weighted by atomic mass is 32.1. The highest BCUT2D eigenvalue weighted by Crippen LogP contribution is 2.34. The summed E-state index contributed by atoms with van der Waals surface area (Å²) in [6.45, 7) is 4.12. The number of aromatic nitrogens is 5. The lowest BCUT2D eigenvalue weighted by atomic mass is 10.1. The minimum atomic E-state index is -0.00788. The summed E-state index contributed by atoms with van der Waals surface area (Å²) in [6, 6.07) is 10.0. The van der Waals surface area contributed by atoms with E-state index in [4.69, 9.17) is 4.98 Å². The molecule has 0 aromatic carbocycles. The Bertz CT molecular complexity index is 1030. The monoisotopic (exact) mass is 374 g/mol. The topological polar surface area (TPSA) is 76.5 Å². The first-order valence-electron chi connectivity index (χ1n) is 8.58. The lowest BCUT2D eigenvalue weighted by Gasteiger charge is -2.15. The van der Waals surface area contributed by atoms with E-state index in [-0.39, 0.29) is 6.04 Å². The minimum absolute atomic E-state index is 0.00788. The molecule has 4 rings (SSSR count). The van der Waals surface area contributed by atoms with Crippen LogP contribution in [0.5, 0.6) is 0 Å². The van der Waals surface area contributed by atoms with E-state index >= 15 is 0 Å². The maximum Gasteiger partial charge on any atom is 0.223 e. The van der Waals surface area contributed by atoms with E-state index in [1.807, 2.05) is 25.1 Å². The summed E-state index contributed by atoms with van der Waals surface area (Å²) in [4.78, 5) is 24.6.